The Morgan fingerprint density at radius 3 is 2.53 bits per heavy atom. The van der Waals surface area contributed by atoms with E-state index in [0.717, 1.165) is 25.2 Å². The maximum atomic E-state index is 4.42. The minimum atomic E-state index is 0.823. The van der Waals surface area contributed by atoms with Crippen LogP contribution in [-0.2, 0) is 33.6 Å². The van der Waals surface area contributed by atoms with Crippen LogP contribution in [-0.4, -0.2) is 19.6 Å². The van der Waals surface area contributed by atoms with Crippen molar-refractivity contribution >= 4 is 0 Å². The summed E-state index contributed by atoms with van der Waals surface area (Å²) in [5, 5.41) is 12.0. The summed E-state index contributed by atoms with van der Waals surface area (Å²) in [7, 11) is 3.94. The van der Waals surface area contributed by atoms with Crippen LogP contribution in [0.25, 0.3) is 0 Å². The molecule has 17 heavy (non-hydrogen) atoms. The molecule has 5 heteroatoms. The van der Waals surface area contributed by atoms with Crippen LogP contribution in [0.1, 0.15) is 24.0 Å². The van der Waals surface area contributed by atoms with Crippen molar-refractivity contribution in [3.63, 3.8) is 0 Å². The van der Waals surface area contributed by atoms with Crippen LogP contribution in [0.2, 0.25) is 0 Å². The summed E-state index contributed by atoms with van der Waals surface area (Å²) in [6.45, 7) is 3.77. The topological polar surface area (TPSA) is 47.7 Å². The number of nitrogens with one attached hydrogen (secondary N) is 1. The number of hydrogen-bond donors (Lipinski definition) is 1. The lowest BCUT2D eigenvalue weighted by molar-refractivity contribution is 0.594. The van der Waals surface area contributed by atoms with Gasteiger partial charge >= 0.3 is 0 Å². The van der Waals surface area contributed by atoms with E-state index < -0.39 is 0 Å². The highest BCUT2D eigenvalue weighted by Gasteiger charge is 2.04. The third kappa shape index (κ3) is 2.74. The van der Waals surface area contributed by atoms with Crippen molar-refractivity contribution in [1.29, 1.82) is 0 Å². The van der Waals surface area contributed by atoms with Gasteiger partial charge in [-0.1, -0.05) is 6.92 Å². The summed E-state index contributed by atoms with van der Waals surface area (Å²) in [5.41, 5.74) is 3.54. The van der Waals surface area contributed by atoms with Gasteiger partial charge in [-0.2, -0.15) is 10.2 Å². The molecule has 2 aromatic rings. The monoisotopic (exact) mass is 233 g/mol. The molecule has 2 rings (SSSR count). The summed E-state index contributed by atoms with van der Waals surface area (Å²) < 4.78 is 3.82. The van der Waals surface area contributed by atoms with Crippen LogP contribution >= 0.6 is 0 Å². The fourth-order valence-corrected chi connectivity index (χ4v) is 1.80. The first-order valence-electron chi connectivity index (χ1n) is 5.90. The second-order valence-corrected chi connectivity index (χ2v) is 4.15. The van der Waals surface area contributed by atoms with E-state index in [2.05, 4.69) is 28.5 Å². The molecule has 0 unspecified atom stereocenters. The molecule has 0 bridgehead atoms. The normalized spacial score (nSPS) is 11.0. The van der Waals surface area contributed by atoms with Gasteiger partial charge in [-0.05, 0) is 18.6 Å². The first kappa shape index (κ1) is 11.9. The fourth-order valence-electron chi connectivity index (χ4n) is 1.80. The number of rotatable bonds is 5. The van der Waals surface area contributed by atoms with Gasteiger partial charge in [0.2, 0.25) is 0 Å². The molecule has 1 N–H and O–H groups in total. The molecule has 0 aliphatic heterocycles. The molecule has 0 atom stereocenters. The van der Waals surface area contributed by atoms with E-state index in [4.69, 9.17) is 0 Å². The van der Waals surface area contributed by atoms with Gasteiger partial charge in [0.25, 0.3) is 0 Å². The first-order chi connectivity index (χ1) is 8.20. The van der Waals surface area contributed by atoms with Gasteiger partial charge in [-0.25, -0.2) is 0 Å². The summed E-state index contributed by atoms with van der Waals surface area (Å²) in [6.07, 6.45) is 2.80. The van der Waals surface area contributed by atoms with Crippen molar-refractivity contribution in [2.75, 3.05) is 0 Å². The number of nitrogens with zero attached hydrogens (tertiary/aromatic N) is 4. The molecule has 0 amide bonds. The Morgan fingerprint density at radius 2 is 1.94 bits per heavy atom. The van der Waals surface area contributed by atoms with Gasteiger partial charge < -0.3 is 5.32 Å². The van der Waals surface area contributed by atoms with Crippen LogP contribution in [0.15, 0.2) is 18.3 Å². The van der Waals surface area contributed by atoms with E-state index in [0.29, 0.717) is 0 Å². The molecule has 2 heterocycles. The van der Waals surface area contributed by atoms with Crippen molar-refractivity contribution in [2.24, 2.45) is 14.1 Å². The zero-order chi connectivity index (χ0) is 12.3. The third-order valence-corrected chi connectivity index (χ3v) is 2.92. The Labute approximate surface area is 101 Å². The Bertz CT molecular complexity index is 483. The summed E-state index contributed by atoms with van der Waals surface area (Å²) in [4.78, 5) is 0. The van der Waals surface area contributed by atoms with Crippen molar-refractivity contribution in [2.45, 2.75) is 26.4 Å². The lowest BCUT2D eigenvalue weighted by Gasteiger charge is -2.05. The van der Waals surface area contributed by atoms with Crippen LogP contribution in [0.4, 0.5) is 0 Å². The van der Waals surface area contributed by atoms with E-state index in [-0.39, 0.29) is 0 Å². The Kier molecular flexibility index (Phi) is 3.58. The van der Waals surface area contributed by atoms with Gasteiger partial charge in [0.05, 0.1) is 17.1 Å². The van der Waals surface area contributed by atoms with Crippen molar-refractivity contribution in [3.8, 4) is 0 Å². The molecule has 5 nitrogen and oxygen atoms in total. The minimum Gasteiger partial charge on any atom is -0.306 e. The van der Waals surface area contributed by atoms with Crippen LogP contribution in [0, 0.1) is 0 Å². The van der Waals surface area contributed by atoms with E-state index in [1.807, 2.05) is 35.7 Å². The summed E-state index contributed by atoms with van der Waals surface area (Å²) >= 11 is 0. The van der Waals surface area contributed by atoms with Crippen LogP contribution < -0.4 is 5.32 Å². The Balaban J connectivity index is 1.90. The first-order valence-corrected chi connectivity index (χ1v) is 5.90. The molecule has 0 saturated heterocycles. The lowest BCUT2D eigenvalue weighted by Crippen LogP contribution is -2.17. The fraction of sp³-hybridized carbons (Fsp3) is 0.500. The summed E-state index contributed by atoms with van der Waals surface area (Å²) in [5.74, 6) is 0. The molecular formula is C12H19N5. The highest BCUT2D eigenvalue weighted by Crippen LogP contribution is 2.04. The molecule has 0 spiro atoms. The SMILES string of the molecule is CCc1cc(CNCc2ccnn2C)n(C)n1. The van der Waals surface area contributed by atoms with Crippen molar-refractivity contribution in [3.05, 3.63) is 35.4 Å². The lowest BCUT2D eigenvalue weighted by atomic mass is 10.3. The van der Waals surface area contributed by atoms with Gasteiger partial charge in [-0.3, -0.25) is 9.36 Å². The maximum absolute atomic E-state index is 4.42. The van der Waals surface area contributed by atoms with Gasteiger partial charge in [0.15, 0.2) is 0 Å². The van der Waals surface area contributed by atoms with E-state index in [1.54, 1.807) is 0 Å². The minimum absolute atomic E-state index is 0.823. The average Bonchev–Trinajstić information content (AvgIpc) is 2.87. The van der Waals surface area contributed by atoms with Gasteiger partial charge in [0, 0.05) is 33.4 Å². The Morgan fingerprint density at radius 1 is 1.18 bits per heavy atom. The molecule has 0 radical (unpaired) electrons. The predicted molar refractivity (Wildman–Crippen MR) is 66.3 cm³/mol. The van der Waals surface area contributed by atoms with Crippen molar-refractivity contribution in [1.82, 2.24) is 24.9 Å². The highest BCUT2D eigenvalue weighted by atomic mass is 15.3. The van der Waals surface area contributed by atoms with E-state index >= 15 is 0 Å². The van der Waals surface area contributed by atoms with Gasteiger partial charge in [0.1, 0.15) is 0 Å². The second kappa shape index (κ2) is 5.14. The highest BCUT2D eigenvalue weighted by molar-refractivity contribution is 5.10. The largest absolute Gasteiger partial charge is 0.306 e. The zero-order valence-corrected chi connectivity index (χ0v) is 10.6. The molecule has 0 fully saturated rings. The smallest absolute Gasteiger partial charge is 0.0625 e. The zero-order valence-electron chi connectivity index (χ0n) is 10.6. The van der Waals surface area contributed by atoms with Crippen molar-refractivity contribution < 1.29 is 0 Å². The molecule has 2 aromatic heterocycles. The molecule has 0 aromatic carbocycles. The molecular weight excluding hydrogens is 214 g/mol. The standard InChI is InChI=1S/C12H19N5/c1-4-10-7-12(17(3)15-10)9-13-8-11-5-6-14-16(11)2/h5-7,13H,4,8-9H2,1-3H3. The number of aryl methyl sites for hydroxylation is 3. The van der Waals surface area contributed by atoms with Crippen LogP contribution in [0.5, 0.6) is 0 Å². The molecule has 0 aliphatic rings. The molecule has 0 aliphatic carbocycles. The number of hydrogen-bond acceptors (Lipinski definition) is 3. The number of aromatic nitrogens is 4. The Hall–Kier alpha value is -1.62. The third-order valence-electron chi connectivity index (χ3n) is 2.92. The molecule has 92 valence electrons. The molecule has 0 saturated carbocycles. The van der Waals surface area contributed by atoms with Gasteiger partial charge in [-0.15, -0.1) is 0 Å². The van der Waals surface area contributed by atoms with Crippen LogP contribution in [0.3, 0.4) is 0 Å². The quantitative estimate of drug-likeness (QED) is 0.838. The predicted octanol–water partition coefficient (Wildman–Crippen LogP) is 1.01. The average molecular weight is 233 g/mol. The van der Waals surface area contributed by atoms with E-state index in [9.17, 15) is 0 Å². The maximum Gasteiger partial charge on any atom is 0.0625 e. The summed E-state index contributed by atoms with van der Waals surface area (Å²) in [6, 6.07) is 4.17. The second-order valence-electron chi connectivity index (χ2n) is 4.15. The van der Waals surface area contributed by atoms with E-state index in [1.165, 1.54) is 11.4 Å².